The lowest BCUT2D eigenvalue weighted by atomic mass is 10.2. The van der Waals surface area contributed by atoms with Crippen LogP contribution in [0.3, 0.4) is 0 Å². The molecule has 0 aromatic heterocycles. The summed E-state index contributed by atoms with van der Waals surface area (Å²) in [7, 11) is 0. The maximum atomic E-state index is 7.81. The number of benzene rings is 2. The minimum absolute atomic E-state index is 0. The predicted octanol–water partition coefficient (Wildman–Crippen LogP) is 4.85. The Morgan fingerprint density at radius 1 is 0.897 bits per heavy atom. The summed E-state index contributed by atoms with van der Waals surface area (Å²) in [6.45, 7) is 4.83. The molecule has 29 heavy (non-hydrogen) atoms. The van der Waals surface area contributed by atoms with Crippen LogP contribution in [0.25, 0.3) is 0 Å². The topological polar surface area (TPSA) is 91.1 Å². The van der Waals surface area contributed by atoms with Crippen LogP contribution in [0.2, 0.25) is 10.0 Å². The van der Waals surface area contributed by atoms with Gasteiger partial charge in [0.1, 0.15) is 11.5 Å². The molecule has 0 radical (unpaired) electrons. The molecule has 0 heterocycles. The Labute approximate surface area is 190 Å². The molecule has 2 aromatic carbocycles. The first-order valence-corrected chi connectivity index (χ1v) is 9.30. The molecule has 0 aliphatic carbocycles. The van der Waals surface area contributed by atoms with Crippen LogP contribution in [0.15, 0.2) is 46.6 Å². The second-order valence-electron chi connectivity index (χ2n) is 5.35. The summed E-state index contributed by atoms with van der Waals surface area (Å²) in [4.78, 5) is 0. The van der Waals surface area contributed by atoms with Crippen molar-refractivity contribution in [2.45, 2.75) is 13.8 Å². The van der Waals surface area contributed by atoms with Crippen molar-refractivity contribution in [1.29, 1.82) is 5.41 Å². The van der Waals surface area contributed by atoms with E-state index in [0.29, 0.717) is 45.9 Å². The molecule has 3 N–H and O–H groups in total. The average molecular weight is 503 g/mol. The lowest BCUT2D eigenvalue weighted by Gasteiger charge is -2.08. The largest absolute Gasteiger partial charge is 0.493 e. The third-order valence-electron chi connectivity index (χ3n) is 3.30. The van der Waals surface area contributed by atoms with Gasteiger partial charge in [0.15, 0.2) is 0 Å². The molecule has 0 unspecified atom stereocenters. The first-order valence-electron chi connectivity index (χ1n) is 8.54. The molecule has 0 aliphatic rings. The Kier molecular flexibility index (Phi) is 11.1. The SMILES string of the molecule is Br.CCOc1ccc(Cl)cc1C=NNC(=N)NN=Cc1cc(Cl)ccc1OCC. The Hall–Kier alpha value is -2.29. The number of hydrogen-bond donors (Lipinski definition) is 3. The number of guanidine groups is 1. The zero-order valence-corrected chi connectivity index (χ0v) is 19.1. The van der Waals surface area contributed by atoms with Crippen LogP contribution in [0, 0.1) is 5.41 Å². The van der Waals surface area contributed by atoms with Crippen molar-refractivity contribution in [3.63, 3.8) is 0 Å². The molecule has 10 heteroatoms. The van der Waals surface area contributed by atoms with Crippen LogP contribution >= 0.6 is 40.2 Å². The third-order valence-corrected chi connectivity index (χ3v) is 3.77. The van der Waals surface area contributed by atoms with Crippen LogP contribution in [-0.4, -0.2) is 31.6 Å². The van der Waals surface area contributed by atoms with Crippen LogP contribution in [0.5, 0.6) is 11.5 Å². The van der Waals surface area contributed by atoms with Crippen molar-refractivity contribution in [2.24, 2.45) is 10.2 Å². The fourth-order valence-corrected chi connectivity index (χ4v) is 2.53. The molecule has 7 nitrogen and oxygen atoms in total. The highest BCUT2D eigenvalue weighted by Crippen LogP contribution is 2.22. The molecule has 0 fully saturated rings. The molecule has 0 atom stereocenters. The van der Waals surface area contributed by atoms with Gasteiger partial charge >= 0.3 is 0 Å². The molecule has 0 aliphatic heterocycles. The van der Waals surface area contributed by atoms with E-state index in [2.05, 4.69) is 21.1 Å². The molecular weight excluding hydrogens is 481 g/mol. The molecule has 0 spiro atoms. The minimum Gasteiger partial charge on any atom is -0.493 e. The summed E-state index contributed by atoms with van der Waals surface area (Å²) >= 11 is 12.0. The van der Waals surface area contributed by atoms with Crippen molar-refractivity contribution in [3.05, 3.63) is 57.6 Å². The van der Waals surface area contributed by atoms with Gasteiger partial charge in [-0.15, -0.1) is 17.0 Å². The molecule has 156 valence electrons. The van der Waals surface area contributed by atoms with E-state index in [9.17, 15) is 0 Å². The highest BCUT2D eigenvalue weighted by molar-refractivity contribution is 8.93. The zero-order chi connectivity index (χ0) is 20.4. The molecule has 2 rings (SSSR count). The van der Waals surface area contributed by atoms with E-state index in [1.54, 1.807) is 36.4 Å². The quantitative estimate of drug-likeness (QED) is 0.273. The number of halogens is 3. The van der Waals surface area contributed by atoms with Gasteiger partial charge in [0, 0.05) is 21.2 Å². The first-order chi connectivity index (χ1) is 13.5. The van der Waals surface area contributed by atoms with E-state index < -0.39 is 0 Å². The normalized spacial score (nSPS) is 10.6. The van der Waals surface area contributed by atoms with Gasteiger partial charge in [-0.25, -0.2) is 10.9 Å². The van der Waals surface area contributed by atoms with Gasteiger partial charge < -0.3 is 9.47 Å². The van der Waals surface area contributed by atoms with Gasteiger partial charge in [0.2, 0.25) is 5.96 Å². The van der Waals surface area contributed by atoms with Crippen molar-refractivity contribution < 1.29 is 9.47 Å². The Morgan fingerprint density at radius 2 is 1.31 bits per heavy atom. The van der Waals surface area contributed by atoms with Gasteiger partial charge in [-0.3, -0.25) is 5.41 Å². The number of nitrogens with one attached hydrogen (secondary N) is 3. The van der Waals surface area contributed by atoms with E-state index >= 15 is 0 Å². The van der Waals surface area contributed by atoms with Crippen LogP contribution in [0.1, 0.15) is 25.0 Å². The Morgan fingerprint density at radius 3 is 1.69 bits per heavy atom. The van der Waals surface area contributed by atoms with Crippen LogP contribution < -0.4 is 20.3 Å². The maximum Gasteiger partial charge on any atom is 0.230 e. The van der Waals surface area contributed by atoms with Crippen molar-refractivity contribution in [2.75, 3.05) is 13.2 Å². The van der Waals surface area contributed by atoms with Crippen LogP contribution in [-0.2, 0) is 0 Å². The van der Waals surface area contributed by atoms with Crippen LogP contribution in [0.4, 0.5) is 0 Å². The summed E-state index contributed by atoms with van der Waals surface area (Å²) in [5, 5.41) is 16.9. The third kappa shape index (κ3) is 8.31. The Balaban J connectivity index is 0.00000420. The number of rotatable bonds is 8. The lowest BCUT2D eigenvalue weighted by Crippen LogP contribution is -2.29. The number of hydrogen-bond acceptors (Lipinski definition) is 5. The number of nitrogens with zero attached hydrogens (tertiary/aromatic N) is 2. The van der Waals surface area contributed by atoms with Crippen molar-refractivity contribution in [1.82, 2.24) is 10.9 Å². The summed E-state index contributed by atoms with van der Waals surface area (Å²) in [6.07, 6.45) is 3.03. The molecule has 0 amide bonds. The number of hydrazone groups is 2. The van der Waals surface area contributed by atoms with E-state index in [0.717, 1.165) is 0 Å². The molecule has 0 saturated carbocycles. The highest BCUT2D eigenvalue weighted by atomic mass is 79.9. The van der Waals surface area contributed by atoms with Gasteiger partial charge in [-0.05, 0) is 50.2 Å². The average Bonchev–Trinajstić information content (AvgIpc) is 2.66. The Bertz CT molecular complexity index is 808. The van der Waals surface area contributed by atoms with Gasteiger partial charge in [-0.1, -0.05) is 23.2 Å². The number of ether oxygens (including phenoxy) is 2. The first kappa shape index (κ1) is 24.7. The van der Waals surface area contributed by atoms with Gasteiger partial charge in [0.05, 0.1) is 25.6 Å². The maximum absolute atomic E-state index is 7.81. The second kappa shape index (κ2) is 13.0. The van der Waals surface area contributed by atoms with Gasteiger partial charge in [0.25, 0.3) is 0 Å². The smallest absolute Gasteiger partial charge is 0.230 e. The minimum atomic E-state index is -0.118. The van der Waals surface area contributed by atoms with E-state index in [1.165, 1.54) is 12.4 Å². The van der Waals surface area contributed by atoms with Crippen molar-refractivity contribution in [3.8, 4) is 11.5 Å². The highest BCUT2D eigenvalue weighted by Gasteiger charge is 2.03. The molecule has 0 bridgehead atoms. The van der Waals surface area contributed by atoms with E-state index in [-0.39, 0.29) is 22.9 Å². The van der Waals surface area contributed by atoms with Crippen molar-refractivity contribution >= 4 is 58.6 Å². The molecule has 0 saturated heterocycles. The predicted molar refractivity (Wildman–Crippen MR) is 125 cm³/mol. The monoisotopic (exact) mass is 501 g/mol. The lowest BCUT2D eigenvalue weighted by molar-refractivity contribution is 0.339. The fraction of sp³-hybridized carbons (Fsp3) is 0.211. The standard InChI is InChI=1S/C19H21Cl2N5O2.BrH/c1-3-27-17-7-5-15(20)9-13(17)11-23-25-19(22)26-24-12-14-10-16(21)6-8-18(14)28-4-2;/h5-12H,3-4H2,1-2H3,(H3,22,25,26);1H. The molecule has 2 aromatic rings. The van der Waals surface area contributed by atoms with Gasteiger partial charge in [-0.2, -0.15) is 10.2 Å². The summed E-state index contributed by atoms with van der Waals surface area (Å²) in [5.74, 6) is 1.19. The zero-order valence-electron chi connectivity index (χ0n) is 15.9. The van der Waals surface area contributed by atoms with E-state index in [4.69, 9.17) is 38.1 Å². The summed E-state index contributed by atoms with van der Waals surface area (Å²) in [5.41, 5.74) is 6.44. The fourth-order valence-electron chi connectivity index (χ4n) is 2.17. The summed E-state index contributed by atoms with van der Waals surface area (Å²) < 4.78 is 11.0. The second-order valence-corrected chi connectivity index (χ2v) is 6.22. The summed E-state index contributed by atoms with van der Waals surface area (Å²) in [6, 6.07) is 10.5. The molecular formula is C19H22BrCl2N5O2. The van der Waals surface area contributed by atoms with E-state index in [1.807, 2.05) is 13.8 Å².